The summed E-state index contributed by atoms with van der Waals surface area (Å²) in [7, 11) is 2.16. The molecule has 0 aliphatic carbocycles. The summed E-state index contributed by atoms with van der Waals surface area (Å²) in [5.74, 6) is -0.0473. The number of aryl methyl sites for hydroxylation is 1. The SMILES string of the molecule is Cc1cnc(SCC(=O)O)n1CC1CCN(C)CC1. The van der Waals surface area contributed by atoms with Crippen LogP contribution in [-0.4, -0.2) is 51.4 Å². The predicted octanol–water partition coefficient (Wildman–Crippen LogP) is 1.71. The maximum absolute atomic E-state index is 10.7. The topological polar surface area (TPSA) is 58.4 Å². The van der Waals surface area contributed by atoms with E-state index in [0.29, 0.717) is 5.92 Å². The maximum Gasteiger partial charge on any atom is 0.313 e. The molecule has 1 aliphatic heterocycles. The third-order valence-electron chi connectivity index (χ3n) is 3.62. The van der Waals surface area contributed by atoms with E-state index in [-0.39, 0.29) is 5.75 Å². The molecule has 2 heterocycles. The Kier molecular flexibility index (Phi) is 4.87. The fourth-order valence-electron chi connectivity index (χ4n) is 2.41. The minimum Gasteiger partial charge on any atom is -0.481 e. The van der Waals surface area contributed by atoms with Crippen molar-refractivity contribution in [1.82, 2.24) is 14.5 Å². The largest absolute Gasteiger partial charge is 0.481 e. The first-order chi connectivity index (χ1) is 9.06. The summed E-state index contributed by atoms with van der Waals surface area (Å²) in [6, 6.07) is 0. The lowest BCUT2D eigenvalue weighted by molar-refractivity contribution is -0.133. The number of carboxylic acids is 1. The standard InChI is InChI=1S/C13H21N3O2S/c1-10-7-14-13(19-9-12(17)18)16(10)8-11-3-5-15(2)6-4-11/h7,11H,3-6,8-9H2,1-2H3,(H,17,18). The molecule has 0 unspecified atom stereocenters. The molecule has 1 aliphatic rings. The predicted molar refractivity (Wildman–Crippen MR) is 75.5 cm³/mol. The first-order valence-corrected chi connectivity index (χ1v) is 7.60. The van der Waals surface area contributed by atoms with Gasteiger partial charge in [-0.05, 0) is 45.8 Å². The Hall–Kier alpha value is -1.01. The first kappa shape index (κ1) is 14.4. The second-order valence-electron chi connectivity index (χ2n) is 5.22. The van der Waals surface area contributed by atoms with Gasteiger partial charge in [0.2, 0.25) is 0 Å². The second-order valence-corrected chi connectivity index (χ2v) is 6.16. The maximum atomic E-state index is 10.7. The molecule has 1 N–H and O–H groups in total. The third-order valence-corrected chi connectivity index (χ3v) is 4.60. The Morgan fingerprint density at radius 2 is 2.21 bits per heavy atom. The van der Waals surface area contributed by atoms with Gasteiger partial charge in [-0.15, -0.1) is 0 Å². The van der Waals surface area contributed by atoms with E-state index in [0.717, 1.165) is 30.5 Å². The Morgan fingerprint density at radius 1 is 1.53 bits per heavy atom. The number of hydrogen-bond acceptors (Lipinski definition) is 4. The fourth-order valence-corrected chi connectivity index (χ4v) is 3.16. The number of thioether (sulfide) groups is 1. The van der Waals surface area contributed by atoms with Crippen molar-refractivity contribution in [3.63, 3.8) is 0 Å². The number of imidazole rings is 1. The third kappa shape index (κ3) is 3.98. The lowest BCUT2D eigenvalue weighted by atomic mass is 9.97. The highest BCUT2D eigenvalue weighted by molar-refractivity contribution is 7.99. The van der Waals surface area contributed by atoms with Crippen molar-refractivity contribution < 1.29 is 9.90 Å². The fraction of sp³-hybridized carbons (Fsp3) is 0.692. The summed E-state index contributed by atoms with van der Waals surface area (Å²) in [6.07, 6.45) is 4.24. The van der Waals surface area contributed by atoms with Gasteiger partial charge in [-0.25, -0.2) is 4.98 Å². The minimum absolute atomic E-state index is 0.0733. The van der Waals surface area contributed by atoms with Crippen LogP contribution in [0.25, 0.3) is 0 Å². The average Bonchev–Trinajstić information content (AvgIpc) is 2.71. The summed E-state index contributed by atoms with van der Waals surface area (Å²) in [4.78, 5) is 17.3. The van der Waals surface area contributed by atoms with E-state index in [4.69, 9.17) is 5.11 Å². The Labute approximate surface area is 118 Å². The van der Waals surface area contributed by atoms with Gasteiger partial charge in [-0.3, -0.25) is 4.79 Å². The van der Waals surface area contributed by atoms with E-state index in [1.807, 2.05) is 13.1 Å². The molecule has 0 radical (unpaired) electrons. The van der Waals surface area contributed by atoms with E-state index < -0.39 is 5.97 Å². The van der Waals surface area contributed by atoms with Crippen LogP contribution in [0.4, 0.5) is 0 Å². The quantitative estimate of drug-likeness (QED) is 0.834. The molecule has 0 bridgehead atoms. The Bertz CT molecular complexity index is 439. The van der Waals surface area contributed by atoms with E-state index in [9.17, 15) is 4.79 Å². The van der Waals surface area contributed by atoms with E-state index in [1.165, 1.54) is 24.6 Å². The summed E-state index contributed by atoms with van der Waals surface area (Å²) in [5.41, 5.74) is 1.12. The van der Waals surface area contributed by atoms with Gasteiger partial charge in [-0.2, -0.15) is 0 Å². The first-order valence-electron chi connectivity index (χ1n) is 6.61. The van der Waals surface area contributed by atoms with Crippen molar-refractivity contribution in [2.45, 2.75) is 31.5 Å². The molecule has 19 heavy (non-hydrogen) atoms. The van der Waals surface area contributed by atoms with Crippen LogP contribution in [-0.2, 0) is 11.3 Å². The van der Waals surface area contributed by atoms with Crippen LogP contribution in [0.1, 0.15) is 18.5 Å². The van der Waals surface area contributed by atoms with Gasteiger partial charge >= 0.3 is 5.97 Å². The highest BCUT2D eigenvalue weighted by Crippen LogP contribution is 2.23. The van der Waals surface area contributed by atoms with Crippen LogP contribution in [0.3, 0.4) is 0 Å². The molecule has 1 aromatic heterocycles. The normalized spacial score (nSPS) is 17.8. The number of rotatable bonds is 5. The van der Waals surface area contributed by atoms with Crippen molar-refractivity contribution in [1.29, 1.82) is 0 Å². The van der Waals surface area contributed by atoms with Crippen LogP contribution in [0.5, 0.6) is 0 Å². The number of nitrogens with zero attached hydrogens (tertiary/aromatic N) is 3. The number of carboxylic acid groups (broad SMARTS) is 1. The number of hydrogen-bond donors (Lipinski definition) is 1. The Balaban J connectivity index is 1.98. The summed E-state index contributed by atoms with van der Waals surface area (Å²) < 4.78 is 2.17. The second kappa shape index (κ2) is 6.43. The number of likely N-dealkylation sites (tertiary alicyclic amines) is 1. The van der Waals surface area contributed by atoms with Crippen LogP contribution < -0.4 is 0 Å². The van der Waals surface area contributed by atoms with Crippen LogP contribution in [0, 0.1) is 12.8 Å². The summed E-state index contributed by atoms with van der Waals surface area (Å²) in [6.45, 7) is 5.29. The van der Waals surface area contributed by atoms with Gasteiger partial charge in [0.25, 0.3) is 0 Å². The molecular weight excluding hydrogens is 262 g/mol. The summed E-state index contributed by atoms with van der Waals surface area (Å²) in [5, 5.41) is 9.59. The lowest BCUT2D eigenvalue weighted by Gasteiger charge is -2.29. The zero-order valence-corrected chi connectivity index (χ0v) is 12.3. The lowest BCUT2D eigenvalue weighted by Crippen LogP contribution is -2.32. The summed E-state index contributed by atoms with van der Waals surface area (Å²) >= 11 is 1.31. The zero-order chi connectivity index (χ0) is 13.8. The molecule has 1 saturated heterocycles. The zero-order valence-electron chi connectivity index (χ0n) is 11.5. The van der Waals surface area contributed by atoms with Gasteiger partial charge in [0.1, 0.15) is 0 Å². The van der Waals surface area contributed by atoms with Crippen molar-refractivity contribution in [3.8, 4) is 0 Å². The highest BCUT2D eigenvalue weighted by atomic mass is 32.2. The van der Waals surface area contributed by atoms with Gasteiger partial charge in [0.15, 0.2) is 5.16 Å². The number of piperidine rings is 1. The average molecular weight is 283 g/mol. The van der Waals surface area contributed by atoms with Crippen molar-refractivity contribution in [2.75, 3.05) is 25.9 Å². The molecule has 0 atom stereocenters. The number of carbonyl (C=O) groups is 1. The number of aliphatic carboxylic acids is 1. The van der Waals surface area contributed by atoms with Crippen LogP contribution in [0.15, 0.2) is 11.4 Å². The van der Waals surface area contributed by atoms with Gasteiger partial charge < -0.3 is 14.6 Å². The highest BCUT2D eigenvalue weighted by Gasteiger charge is 2.19. The van der Waals surface area contributed by atoms with E-state index in [2.05, 4.69) is 21.5 Å². The molecule has 6 heteroatoms. The van der Waals surface area contributed by atoms with Gasteiger partial charge in [-0.1, -0.05) is 11.8 Å². The van der Waals surface area contributed by atoms with Crippen LogP contribution in [0.2, 0.25) is 0 Å². The molecular formula is C13H21N3O2S. The monoisotopic (exact) mass is 283 g/mol. The molecule has 1 fully saturated rings. The molecule has 5 nitrogen and oxygen atoms in total. The van der Waals surface area contributed by atoms with Gasteiger partial charge in [0.05, 0.1) is 5.75 Å². The minimum atomic E-state index is -0.795. The van der Waals surface area contributed by atoms with E-state index in [1.54, 1.807) is 0 Å². The van der Waals surface area contributed by atoms with E-state index >= 15 is 0 Å². The number of aromatic nitrogens is 2. The van der Waals surface area contributed by atoms with Crippen molar-refractivity contribution >= 4 is 17.7 Å². The molecule has 0 aromatic carbocycles. The van der Waals surface area contributed by atoms with Crippen molar-refractivity contribution in [2.24, 2.45) is 5.92 Å². The molecule has 0 spiro atoms. The van der Waals surface area contributed by atoms with Gasteiger partial charge in [0, 0.05) is 18.4 Å². The molecule has 0 amide bonds. The smallest absolute Gasteiger partial charge is 0.313 e. The molecule has 106 valence electrons. The molecule has 0 saturated carbocycles. The Morgan fingerprint density at radius 3 is 2.84 bits per heavy atom. The molecule has 1 aromatic rings. The molecule has 2 rings (SSSR count). The van der Waals surface area contributed by atoms with Crippen molar-refractivity contribution in [3.05, 3.63) is 11.9 Å². The van der Waals surface area contributed by atoms with Crippen LogP contribution >= 0.6 is 11.8 Å².